The van der Waals surface area contributed by atoms with Gasteiger partial charge in [-0.2, -0.15) is 0 Å². The van der Waals surface area contributed by atoms with Crippen LogP contribution in [-0.4, -0.2) is 29.3 Å². The molecule has 0 radical (unpaired) electrons. The number of benzene rings is 1. The van der Waals surface area contributed by atoms with E-state index in [0.717, 1.165) is 21.2 Å². The lowest BCUT2D eigenvalue weighted by Gasteiger charge is -2.15. The number of pyridine rings is 1. The molecule has 0 saturated carbocycles. The fourth-order valence-electron chi connectivity index (χ4n) is 1.83. The van der Waals surface area contributed by atoms with Crippen molar-refractivity contribution in [3.05, 3.63) is 63.5 Å². The number of nitrogens with zero attached hydrogens (tertiary/aromatic N) is 2. The Morgan fingerprint density at radius 2 is 1.79 bits per heavy atom. The maximum absolute atomic E-state index is 12.1. The number of halogens is 1. The van der Waals surface area contributed by atoms with Crippen LogP contribution in [0.3, 0.4) is 0 Å². The van der Waals surface area contributed by atoms with Crippen molar-refractivity contribution in [3.8, 4) is 0 Å². The van der Waals surface area contributed by atoms with Gasteiger partial charge < -0.3 is 0 Å². The van der Waals surface area contributed by atoms with Crippen LogP contribution in [0.2, 0.25) is 0 Å². The van der Waals surface area contributed by atoms with E-state index in [0.29, 0.717) is 6.54 Å². The summed E-state index contributed by atoms with van der Waals surface area (Å²) in [5, 5.41) is 0. The van der Waals surface area contributed by atoms with E-state index in [-0.39, 0.29) is 5.78 Å². The molecule has 98 valence electrons. The molecule has 19 heavy (non-hydrogen) atoms. The molecule has 0 spiro atoms. The summed E-state index contributed by atoms with van der Waals surface area (Å²) in [6, 6.07) is 11.6. The largest absolute Gasteiger partial charge is 0.295 e. The third kappa shape index (κ3) is 4.40. The van der Waals surface area contributed by atoms with E-state index in [1.54, 1.807) is 12.4 Å². The van der Waals surface area contributed by atoms with Crippen LogP contribution < -0.4 is 0 Å². The molecule has 0 atom stereocenters. The van der Waals surface area contributed by atoms with E-state index in [9.17, 15) is 4.79 Å². The van der Waals surface area contributed by atoms with Gasteiger partial charge >= 0.3 is 0 Å². The van der Waals surface area contributed by atoms with Crippen molar-refractivity contribution < 1.29 is 4.79 Å². The van der Waals surface area contributed by atoms with Gasteiger partial charge in [0.25, 0.3) is 0 Å². The molecule has 0 fully saturated rings. The van der Waals surface area contributed by atoms with Crippen molar-refractivity contribution in [3.63, 3.8) is 0 Å². The standard InChI is InChI=1S/C15H15IN2O/c1-18(10-12-6-8-17-9-7-12)11-15(19)13-2-4-14(16)5-3-13/h2-9H,10-11H2,1H3. The Morgan fingerprint density at radius 1 is 1.16 bits per heavy atom. The van der Waals surface area contributed by atoms with Gasteiger partial charge in [-0.15, -0.1) is 0 Å². The van der Waals surface area contributed by atoms with Gasteiger partial charge in [0.05, 0.1) is 6.54 Å². The number of Topliss-reactive ketones (excluding diaryl/α,β-unsaturated/α-hetero) is 1. The third-order valence-corrected chi connectivity index (χ3v) is 3.50. The average Bonchev–Trinajstić information content (AvgIpc) is 2.40. The van der Waals surface area contributed by atoms with Gasteiger partial charge in [-0.1, -0.05) is 12.1 Å². The molecule has 0 aliphatic carbocycles. The number of carbonyl (C=O) groups is 1. The lowest BCUT2D eigenvalue weighted by atomic mass is 10.1. The summed E-state index contributed by atoms with van der Waals surface area (Å²) < 4.78 is 1.14. The van der Waals surface area contributed by atoms with Crippen molar-refractivity contribution in [1.82, 2.24) is 9.88 Å². The van der Waals surface area contributed by atoms with Gasteiger partial charge in [-0.25, -0.2) is 0 Å². The third-order valence-electron chi connectivity index (χ3n) is 2.78. The minimum atomic E-state index is 0.146. The molecule has 0 aliphatic heterocycles. The van der Waals surface area contributed by atoms with E-state index in [2.05, 4.69) is 27.6 Å². The molecule has 4 heteroatoms. The smallest absolute Gasteiger partial charge is 0.176 e. The van der Waals surface area contributed by atoms with Crippen molar-refractivity contribution in [2.24, 2.45) is 0 Å². The number of hydrogen-bond acceptors (Lipinski definition) is 3. The van der Waals surface area contributed by atoms with Crippen LogP contribution in [0.5, 0.6) is 0 Å². The normalized spacial score (nSPS) is 10.7. The monoisotopic (exact) mass is 366 g/mol. The first-order chi connectivity index (χ1) is 9.15. The van der Waals surface area contributed by atoms with E-state index < -0.39 is 0 Å². The van der Waals surface area contributed by atoms with E-state index in [1.807, 2.05) is 48.3 Å². The quantitative estimate of drug-likeness (QED) is 0.603. The highest BCUT2D eigenvalue weighted by Crippen LogP contribution is 2.09. The second-order valence-corrected chi connectivity index (χ2v) is 5.70. The number of ketones is 1. The molecule has 1 aromatic carbocycles. The Bertz CT molecular complexity index is 540. The van der Waals surface area contributed by atoms with Gasteiger partial charge in [0.2, 0.25) is 0 Å². The summed E-state index contributed by atoms with van der Waals surface area (Å²) >= 11 is 2.23. The molecule has 3 nitrogen and oxygen atoms in total. The minimum Gasteiger partial charge on any atom is -0.295 e. The molecular formula is C15H15IN2O. The van der Waals surface area contributed by atoms with Crippen molar-refractivity contribution in [2.75, 3.05) is 13.6 Å². The Kier molecular flexibility index (Phi) is 5.04. The molecule has 0 unspecified atom stereocenters. The number of carbonyl (C=O) groups excluding carboxylic acids is 1. The van der Waals surface area contributed by atoms with Gasteiger partial charge in [-0.05, 0) is 59.5 Å². The highest BCUT2D eigenvalue weighted by molar-refractivity contribution is 14.1. The van der Waals surface area contributed by atoms with Crippen LogP contribution in [0, 0.1) is 3.57 Å². The zero-order valence-corrected chi connectivity index (χ0v) is 12.9. The first-order valence-electron chi connectivity index (χ1n) is 6.01. The predicted molar refractivity (Wildman–Crippen MR) is 84.1 cm³/mol. The topological polar surface area (TPSA) is 33.2 Å². The summed E-state index contributed by atoms with van der Waals surface area (Å²) in [7, 11) is 1.95. The first-order valence-corrected chi connectivity index (χ1v) is 7.09. The summed E-state index contributed by atoms with van der Waals surface area (Å²) in [4.78, 5) is 18.1. The minimum absolute atomic E-state index is 0.146. The second-order valence-electron chi connectivity index (χ2n) is 4.46. The molecule has 0 aliphatic rings. The fourth-order valence-corrected chi connectivity index (χ4v) is 2.19. The summed E-state index contributed by atoms with van der Waals surface area (Å²) in [5.74, 6) is 0.146. The zero-order chi connectivity index (χ0) is 13.7. The Labute approximate surface area is 126 Å². The van der Waals surface area contributed by atoms with E-state index in [4.69, 9.17) is 0 Å². The van der Waals surface area contributed by atoms with E-state index >= 15 is 0 Å². The SMILES string of the molecule is CN(CC(=O)c1ccc(I)cc1)Cc1ccncc1. The van der Waals surface area contributed by atoms with Crippen molar-refractivity contribution in [1.29, 1.82) is 0 Å². The Balaban J connectivity index is 1.93. The first kappa shape index (κ1) is 14.1. The summed E-state index contributed by atoms with van der Waals surface area (Å²) in [5.41, 5.74) is 1.93. The molecule has 0 saturated heterocycles. The fraction of sp³-hybridized carbons (Fsp3) is 0.200. The van der Waals surface area contributed by atoms with Crippen LogP contribution >= 0.6 is 22.6 Å². The second kappa shape index (κ2) is 6.77. The van der Waals surface area contributed by atoms with E-state index in [1.165, 1.54) is 0 Å². The zero-order valence-electron chi connectivity index (χ0n) is 10.7. The van der Waals surface area contributed by atoms with Crippen molar-refractivity contribution in [2.45, 2.75) is 6.54 Å². The molecule has 0 amide bonds. The number of rotatable bonds is 5. The highest BCUT2D eigenvalue weighted by Gasteiger charge is 2.09. The van der Waals surface area contributed by atoms with Gasteiger partial charge in [0, 0.05) is 28.1 Å². The summed E-state index contributed by atoms with van der Waals surface area (Å²) in [6.07, 6.45) is 3.54. The maximum atomic E-state index is 12.1. The van der Waals surface area contributed by atoms with Gasteiger partial charge in [0.1, 0.15) is 0 Å². The molecule has 2 rings (SSSR count). The Hall–Kier alpha value is -1.27. The number of hydrogen-bond donors (Lipinski definition) is 0. The van der Waals surface area contributed by atoms with Crippen LogP contribution in [0.15, 0.2) is 48.8 Å². The molecule has 1 heterocycles. The number of aromatic nitrogens is 1. The van der Waals surface area contributed by atoms with Gasteiger partial charge in [0.15, 0.2) is 5.78 Å². The van der Waals surface area contributed by atoms with Crippen LogP contribution in [-0.2, 0) is 6.54 Å². The number of likely N-dealkylation sites (N-methyl/N-ethyl adjacent to an activating group) is 1. The molecule has 1 aromatic heterocycles. The molecular weight excluding hydrogens is 351 g/mol. The maximum Gasteiger partial charge on any atom is 0.176 e. The lowest BCUT2D eigenvalue weighted by Crippen LogP contribution is -2.25. The molecule has 2 aromatic rings. The average molecular weight is 366 g/mol. The summed E-state index contributed by atoms with van der Waals surface area (Å²) in [6.45, 7) is 1.17. The van der Waals surface area contributed by atoms with Crippen LogP contribution in [0.4, 0.5) is 0 Å². The van der Waals surface area contributed by atoms with Crippen molar-refractivity contribution >= 4 is 28.4 Å². The Morgan fingerprint density at radius 3 is 2.42 bits per heavy atom. The molecule has 0 N–H and O–H groups in total. The van der Waals surface area contributed by atoms with Crippen LogP contribution in [0.1, 0.15) is 15.9 Å². The highest BCUT2D eigenvalue weighted by atomic mass is 127. The van der Waals surface area contributed by atoms with Gasteiger partial charge in [-0.3, -0.25) is 14.7 Å². The lowest BCUT2D eigenvalue weighted by molar-refractivity contribution is 0.0943. The molecule has 0 bridgehead atoms. The predicted octanol–water partition coefficient (Wildman–Crippen LogP) is 3.00. The van der Waals surface area contributed by atoms with Crippen LogP contribution in [0.25, 0.3) is 0 Å².